The molecule has 0 spiro atoms. The molecule has 8 nitrogen and oxygen atoms in total. The number of rotatable bonds is 4. The van der Waals surface area contributed by atoms with Gasteiger partial charge in [-0.25, -0.2) is 0 Å². The van der Waals surface area contributed by atoms with Gasteiger partial charge >= 0.3 is 0 Å². The third-order valence-corrected chi connectivity index (χ3v) is 6.00. The number of fused-ring (bicyclic) bond motifs is 1. The van der Waals surface area contributed by atoms with Crippen LogP contribution in [0, 0.1) is 5.92 Å². The van der Waals surface area contributed by atoms with Crippen LogP contribution in [-0.4, -0.2) is 47.2 Å². The smallest absolute Gasteiger partial charge is 0.262 e. The maximum Gasteiger partial charge on any atom is 0.262 e. The Bertz CT molecular complexity index is 853. The van der Waals surface area contributed by atoms with Gasteiger partial charge in [0.2, 0.25) is 11.8 Å². The van der Waals surface area contributed by atoms with E-state index in [4.69, 9.17) is 5.73 Å². The van der Waals surface area contributed by atoms with Crippen molar-refractivity contribution in [1.82, 2.24) is 10.2 Å². The molecule has 0 radical (unpaired) electrons. The SMILES string of the molecule is NCC1CCCCC1Nc1ccc2c(c1)C(=O)N(C1CCC(=O)NC1=O)C2=O. The number of nitrogens with one attached hydrogen (secondary N) is 2. The highest BCUT2D eigenvalue weighted by Crippen LogP contribution is 2.31. The highest BCUT2D eigenvalue weighted by molar-refractivity contribution is 6.23. The first-order chi connectivity index (χ1) is 13.5. The van der Waals surface area contributed by atoms with Gasteiger partial charge in [0.1, 0.15) is 6.04 Å². The number of benzene rings is 1. The van der Waals surface area contributed by atoms with E-state index in [-0.39, 0.29) is 24.8 Å². The van der Waals surface area contributed by atoms with Gasteiger partial charge in [0.25, 0.3) is 11.8 Å². The molecule has 0 aromatic heterocycles. The molecule has 4 rings (SSSR count). The molecule has 3 unspecified atom stereocenters. The molecule has 28 heavy (non-hydrogen) atoms. The number of hydrogen-bond acceptors (Lipinski definition) is 6. The zero-order valence-corrected chi connectivity index (χ0v) is 15.6. The van der Waals surface area contributed by atoms with Crippen LogP contribution in [0.15, 0.2) is 18.2 Å². The van der Waals surface area contributed by atoms with Crippen molar-refractivity contribution in [3.05, 3.63) is 29.3 Å². The topological polar surface area (TPSA) is 122 Å². The Labute approximate surface area is 162 Å². The number of imide groups is 2. The second kappa shape index (κ2) is 7.35. The second-order valence-corrected chi connectivity index (χ2v) is 7.74. The van der Waals surface area contributed by atoms with Gasteiger partial charge in [-0.1, -0.05) is 12.8 Å². The largest absolute Gasteiger partial charge is 0.382 e. The zero-order valence-electron chi connectivity index (χ0n) is 15.6. The summed E-state index contributed by atoms with van der Waals surface area (Å²) in [7, 11) is 0. The van der Waals surface area contributed by atoms with Crippen LogP contribution < -0.4 is 16.4 Å². The van der Waals surface area contributed by atoms with E-state index in [9.17, 15) is 19.2 Å². The van der Waals surface area contributed by atoms with Crippen molar-refractivity contribution in [1.29, 1.82) is 0 Å². The van der Waals surface area contributed by atoms with Crippen LogP contribution in [-0.2, 0) is 9.59 Å². The lowest BCUT2D eigenvalue weighted by Crippen LogP contribution is -2.54. The van der Waals surface area contributed by atoms with Gasteiger partial charge < -0.3 is 11.1 Å². The second-order valence-electron chi connectivity index (χ2n) is 7.74. The maximum absolute atomic E-state index is 12.9. The Morgan fingerprint density at radius 3 is 2.54 bits per heavy atom. The summed E-state index contributed by atoms with van der Waals surface area (Å²) in [6.07, 6.45) is 4.69. The standard InChI is InChI=1S/C20H24N4O4/c21-10-11-3-1-2-4-15(11)22-12-5-6-13-14(9-12)20(28)24(19(13)27)16-7-8-17(25)23-18(16)26/h5-6,9,11,15-16,22H,1-4,7-8,10,21H2,(H,23,25,26). The molecular weight excluding hydrogens is 360 g/mol. The molecular formula is C20H24N4O4. The van der Waals surface area contributed by atoms with E-state index < -0.39 is 23.8 Å². The van der Waals surface area contributed by atoms with E-state index in [0.717, 1.165) is 29.8 Å². The summed E-state index contributed by atoms with van der Waals surface area (Å²) in [6, 6.07) is 4.41. The third kappa shape index (κ3) is 3.17. The maximum atomic E-state index is 12.9. The van der Waals surface area contributed by atoms with Crippen LogP contribution in [0.3, 0.4) is 0 Å². The van der Waals surface area contributed by atoms with Crippen LogP contribution in [0.1, 0.15) is 59.2 Å². The quantitative estimate of drug-likeness (QED) is 0.666. The van der Waals surface area contributed by atoms with Crippen LogP contribution >= 0.6 is 0 Å². The molecule has 3 atom stereocenters. The summed E-state index contributed by atoms with van der Waals surface area (Å²) in [6.45, 7) is 0.614. The van der Waals surface area contributed by atoms with Gasteiger partial charge in [-0.2, -0.15) is 0 Å². The van der Waals surface area contributed by atoms with Gasteiger partial charge in [0.05, 0.1) is 11.1 Å². The number of anilines is 1. The number of nitrogens with two attached hydrogens (primary N) is 1. The minimum Gasteiger partial charge on any atom is -0.382 e. The lowest BCUT2D eigenvalue weighted by atomic mass is 9.84. The lowest BCUT2D eigenvalue weighted by molar-refractivity contribution is -0.136. The summed E-state index contributed by atoms with van der Waals surface area (Å²) in [4.78, 5) is 50.1. The first-order valence-electron chi connectivity index (χ1n) is 9.82. The van der Waals surface area contributed by atoms with Gasteiger partial charge in [0.15, 0.2) is 0 Å². The summed E-state index contributed by atoms with van der Waals surface area (Å²) in [5, 5.41) is 5.67. The van der Waals surface area contributed by atoms with Crippen molar-refractivity contribution in [2.24, 2.45) is 11.7 Å². The fourth-order valence-corrected chi connectivity index (χ4v) is 4.45. The molecule has 8 heteroatoms. The van der Waals surface area contributed by atoms with Gasteiger partial charge in [0, 0.05) is 18.2 Å². The first kappa shape index (κ1) is 18.6. The van der Waals surface area contributed by atoms with E-state index in [1.807, 2.05) is 0 Å². The van der Waals surface area contributed by atoms with E-state index in [0.29, 0.717) is 23.6 Å². The van der Waals surface area contributed by atoms with Crippen molar-refractivity contribution < 1.29 is 19.2 Å². The van der Waals surface area contributed by atoms with Crippen LogP contribution in [0.5, 0.6) is 0 Å². The summed E-state index contributed by atoms with van der Waals surface area (Å²) < 4.78 is 0. The van der Waals surface area contributed by atoms with Crippen LogP contribution in [0.2, 0.25) is 0 Å². The molecule has 2 fully saturated rings. The van der Waals surface area contributed by atoms with Gasteiger partial charge in [-0.15, -0.1) is 0 Å². The fraction of sp³-hybridized carbons (Fsp3) is 0.500. The van der Waals surface area contributed by atoms with Crippen LogP contribution in [0.25, 0.3) is 0 Å². The van der Waals surface area contributed by atoms with Gasteiger partial charge in [-0.05, 0) is 49.9 Å². The summed E-state index contributed by atoms with van der Waals surface area (Å²) in [5.74, 6) is -1.57. The average Bonchev–Trinajstić information content (AvgIpc) is 2.93. The van der Waals surface area contributed by atoms with Gasteiger partial charge in [-0.3, -0.25) is 29.4 Å². The number of hydrogen-bond donors (Lipinski definition) is 3. The molecule has 1 aromatic carbocycles. The number of carbonyl (C=O) groups is 4. The summed E-state index contributed by atoms with van der Waals surface area (Å²) in [5.41, 5.74) is 7.25. The van der Waals surface area contributed by atoms with Crippen molar-refractivity contribution in [2.45, 2.75) is 50.6 Å². The zero-order chi connectivity index (χ0) is 19.8. The molecule has 1 aliphatic carbocycles. The fourth-order valence-electron chi connectivity index (χ4n) is 4.45. The minimum absolute atomic E-state index is 0.110. The Kier molecular flexibility index (Phi) is 4.89. The molecule has 2 heterocycles. The molecule has 0 bridgehead atoms. The Balaban J connectivity index is 1.55. The molecule has 2 aliphatic heterocycles. The molecule has 1 saturated carbocycles. The predicted molar refractivity (Wildman–Crippen MR) is 102 cm³/mol. The third-order valence-electron chi connectivity index (χ3n) is 6.00. The van der Waals surface area contributed by atoms with Crippen LogP contribution in [0.4, 0.5) is 5.69 Å². The highest BCUT2D eigenvalue weighted by atomic mass is 16.2. The van der Waals surface area contributed by atoms with E-state index >= 15 is 0 Å². The van der Waals surface area contributed by atoms with Crippen molar-refractivity contribution in [2.75, 3.05) is 11.9 Å². The molecule has 148 valence electrons. The average molecular weight is 384 g/mol. The minimum atomic E-state index is -0.943. The van der Waals surface area contributed by atoms with Crippen molar-refractivity contribution in [3.63, 3.8) is 0 Å². The number of amides is 4. The predicted octanol–water partition coefficient (Wildman–Crippen LogP) is 1.02. The lowest BCUT2D eigenvalue weighted by Gasteiger charge is -2.32. The van der Waals surface area contributed by atoms with E-state index in [1.165, 1.54) is 6.42 Å². The van der Waals surface area contributed by atoms with Crippen molar-refractivity contribution in [3.8, 4) is 0 Å². The Morgan fingerprint density at radius 1 is 1.04 bits per heavy atom. The molecule has 1 saturated heterocycles. The Hall–Kier alpha value is -2.74. The number of piperidine rings is 1. The van der Waals surface area contributed by atoms with Crippen molar-refractivity contribution >= 4 is 29.3 Å². The molecule has 4 N–H and O–H groups in total. The van der Waals surface area contributed by atoms with E-state index in [1.54, 1.807) is 18.2 Å². The molecule has 3 aliphatic rings. The first-order valence-corrected chi connectivity index (χ1v) is 9.82. The Morgan fingerprint density at radius 2 is 1.79 bits per heavy atom. The molecule has 4 amide bonds. The number of nitrogens with zero attached hydrogens (tertiary/aromatic N) is 1. The summed E-state index contributed by atoms with van der Waals surface area (Å²) >= 11 is 0. The monoisotopic (exact) mass is 384 g/mol. The van der Waals surface area contributed by atoms with E-state index in [2.05, 4.69) is 10.6 Å². The molecule has 1 aromatic rings. The number of carbonyl (C=O) groups excluding carboxylic acids is 4. The highest BCUT2D eigenvalue weighted by Gasteiger charge is 2.44. The normalized spacial score (nSPS) is 27.6.